The zero-order chi connectivity index (χ0) is 24.9. The first kappa shape index (κ1) is 23.0. The van der Waals surface area contributed by atoms with Crippen molar-refractivity contribution in [2.75, 3.05) is 20.3 Å². The van der Waals surface area contributed by atoms with Gasteiger partial charge in [-0.1, -0.05) is 18.1 Å². The van der Waals surface area contributed by atoms with Crippen molar-refractivity contribution in [1.82, 2.24) is 4.90 Å². The van der Waals surface area contributed by atoms with Gasteiger partial charge in [0.2, 0.25) is 5.91 Å². The van der Waals surface area contributed by atoms with E-state index in [1.807, 2.05) is 0 Å². The van der Waals surface area contributed by atoms with Crippen LogP contribution in [-0.4, -0.2) is 61.1 Å². The first-order valence-electron chi connectivity index (χ1n) is 13.1. The van der Waals surface area contributed by atoms with Crippen LogP contribution in [0.3, 0.4) is 0 Å². The van der Waals surface area contributed by atoms with Crippen LogP contribution in [0.5, 0.6) is 0 Å². The van der Waals surface area contributed by atoms with Gasteiger partial charge in [-0.3, -0.25) is 19.2 Å². The SMILES string of the molecule is COC(=O)[C@@H]1C[C@@]23C4=C(CC[C@@H]5C(=O)N6C[C@@H](C)[C@@H](C[C@H](OC(C)=O)[C@@]52COC(C)=O)[C@H]63)CC[C@@H]41. The van der Waals surface area contributed by atoms with Gasteiger partial charge in [0.05, 0.1) is 24.4 Å². The second kappa shape index (κ2) is 7.56. The third-order valence-electron chi connectivity index (χ3n) is 10.6. The molecule has 6 rings (SSSR count). The van der Waals surface area contributed by atoms with Gasteiger partial charge < -0.3 is 19.1 Å². The Morgan fingerprint density at radius 1 is 1.11 bits per heavy atom. The van der Waals surface area contributed by atoms with E-state index in [0.29, 0.717) is 25.8 Å². The zero-order valence-electron chi connectivity index (χ0n) is 21.0. The summed E-state index contributed by atoms with van der Waals surface area (Å²) in [7, 11) is 1.44. The summed E-state index contributed by atoms with van der Waals surface area (Å²) >= 11 is 0. The lowest BCUT2D eigenvalue weighted by atomic mass is 9.42. The fourth-order valence-electron chi connectivity index (χ4n) is 9.79. The van der Waals surface area contributed by atoms with Crippen molar-refractivity contribution >= 4 is 23.8 Å². The van der Waals surface area contributed by atoms with E-state index < -0.39 is 28.8 Å². The van der Waals surface area contributed by atoms with Crippen LogP contribution in [0.4, 0.5) is 0 Å². The number of hydrogen-bond donors (Lipinski definition) is 0. The summed E-state index contributed by atoms with van der Waals surface area (Å²) < 4.78 is 17.2. The molecule has 0 unspecified atom stereocenters. The highest BCUT2D eigenvalue weighted by Crippen LogP contribution is 2.77. The summed E-state index contributed by atoms with van der Waals surface area (Å²) in [6.45, 7) is 5.69. The molecule has 1 spiro atoms. The number of nitrogens with zero attached hydrogens (tertiary/aromatic N) is 1. The number of carbonyl (C=O) groups is 4. The van der Waals surface area contributed by atoms with E-state index in [1.54, 1.807) is 0 Å². The number of allylic oxidation sites excluding steroid dienone is 1. The molecule has 4 bridgehead atoms. The van der Waals surface area contributed by atoms with Crippen molar-refractivity contribution < 1.29 is 33.4 Å². The smallest absolute Gasteiger partial charge is 0.309 e. The fourth-order valence-corrected chi connectivity index (χ4v) is 9.79. The van der Waals surface area contributed by atoms with Crippen molar-refractivity contribution in [3.8, 4) is 0 Å². The summed E-state index contributed by atoms with van der Waals surface area (Å²) in [6, 6.07) is -0.0815. The number of rotatable bonds is 4. The maximum absolute atomic E-state index is 14.2. The third kappa shape index (κ3) is 2.69. The Balaban J connectivity index is 1.66. The predicted molar refractivity (Wildman–Crippen MR) is 122 cm³/mol. The van der Waals surface area contributed by atoms with Gasteiger partial charge in [-0.25, -0.2) is 0 Å². The Labute approximate surface area is 205 Å². The van der Waals surface area contributed by atoms with Gasteiger partial charge >= 0.3 is 17.9 Å². The first-order valence-corrected chi connectivity index (χ1v) is 13.1. The summed E-state index contributed by atoms with van der Waals surface area (Å²) in [6.07, 6.45) is 3.91. The Bertz CT molecular complexity index is 1050. The highest BCUT2D eigenvalue weighted by Gasteiger charge is 2.81. The Morgan fingerprint density at radius 3 is 2.54 bits per heavy atom. The monoisotopic (exact) mass is 485 g/mol. The first-order chi connectivity index (χ1) is 16.7. The molecule has 0 aromatic carbocycles. The van der Waals surface area contributed by atoms with Crippen LogP contribution >= 0.6 is 0 Å². The number of hydrogen-bond acceptors (Lipinski definition) is 7. The average Bonchev–Trinajstić information content (AvgIpc) is 3.45. The van der Waals surface area contributed by atoms with Crippen LogP contribution in [0.15, 0.2) is 11.1 Å². The maximum atomic E-state index is 14.2. The van der Waals surface area contributed by atoms with Gasteiger partial charge in [0.25, 0.3) is 0 Å². The molecular weight excluding hydrogens is 450 g/mol. The Kier molecular flexibility index (Phi) is 4.98. The van der Waals surface area contributed by atoms with Crippen molar-refractivity contribution in [3.63, 3.8) is 0 Å². The van der Waals surface area contributed by atoms with E-state index in [4.69, 9.17) is 14.2 Å². The summed E-state index contributed by atoms with van der Waals surface area (Å²) in [5.74, 6) is -1.17. The molecule has 6 aliphatic rings. The van der Waals surface area contributed by atoms with Gasteiger partial charge in [0, 0.05) is 31.8 Å². The highest BCUT2D eigenvalue weighted by atomic mass is 16.6. The quantitative estimate of drug-likeness (QED) is 0.343. The number of carbonyl (C=O) groups excluding carboxylic acids is 4. The largest absolute Gasteiger partial charge is 0.469 e. The maximum Gasteiger partial charge on any atom is 0.309 e. The third-order valence-corrected chi connectivity index (χ3v) is 10.6. The Hall–Kier alpha value is -2.38. The van der Waals surface area contributed by atoms with E-state index >= 15 is 0 Å². The van der Waals surface area contributed by atoms with E-state index in [-0.39, 0.29) is 54.2 Å². The molecule has 9 atom stereocenters. The number of piperidine rings is 1. The second-order valence-electron chi connectivity index (χ2n) is 11.8. The molecule has 2 heterocycles. The van der Waals surface area contributed by atoms with Gasteiger partial charge in [-0.2, -0.15) is 0 Å². The fraction of sp³-hybridized carbons (Fsp3) is 0.778. The molecule has 2 aliphatic heterocycles. The lowest BCUT2D eigenvalue weighted by Crippen LogP contribution is -2.75. The molecule has 4 aliphatic carbocycles. The van der Waals surface area contributed by atoms with Gasteiger partial charge in [0.15, 0.2) is 0 Å². The van der Waals surface area contributed by atoms with Crippen molar-refractivity contribution in [1.29, 1.82) is 0 Å². The summed E-state index contributed by atoms with van der Waals surface area (Å²) in [4.78, 5) is 54.1. The molecule has 2 saturated carbocycles. The van der Waals surface area contributed by atoms with E-state index in [9.17, 15) is 19.2 Å². The highest BCUT2D eigenvalue weighted by molar-refractivity contribution is 5.85. The topological polar surface area (TPSA) is 99.2 Å². The molecule has 0 aromatic heterocycles. The van der Waals surface area contributed by atoms with E-state index in [0.717, 1.165) is 19.3 Å². The van der Waals surface area contributed by atoms with E-state index in [1.165, 1.54) is 32.1 Å². The molecule has 2 saturated heterocycles. The van der Waals surface area contributed by atoms with Crippen molar-refractivity contribution in [2.24, 2.45) is 40.4 Å². The minimum atomic E-state index is -0.883. The Morgan fingerprint density at radius 2 is 1.86 bits per heavy atom. The normalized spacial score (nSPS) is 44.6. The minimum Gasteiger partial charge on any atom is -0.469 e. The molecule has 0 N–H and O–H groups in total. The van der Waals surface area contributed by atoms with Gasteiger partial charge in [-0.05, 0) is 56.3 Å². The average molecular weight is 486 g/mol. The predicted octanol–water partition coefficient (Wildman–Crippen LogP) is 2.64. The lowest BCUT2D eigenvalue weighted by Gasteiger charge is -2.66. The molecule has 190 valence electrons. The van der Waals surface area contributed by atoms with Crippen LogP contribution in [0.2, 0.25) is 0 Å². The van der Waals surface area contributed by atoms with Gasteiger partial charge in [-0.15, -0.1) is 0 Å². The van der Waals surface area contributed by atoms with Gasteiger partial charge in [0.1, 0.15) is 12.7 Å². The molecule has 0 radical (unpaired) electrons. The lowest BCUT2D eigenvalue weighted by molar-refractivity contribution is -0.236. The summed E-state index contributed by atoms with van der Waals surface area (Å²) in [5, 5.41) is 0. The molecule has 4 fully saturated rings. The molecule has 8 nitrogen and oxygen atoms in total. The minimum absolute atomic E-state index is 0.0273. The standard InChI is InChI=1S/C27H35NO7/c1-13-11-28-23-18(13)9-21(35-15(3)30)27(12-34-14(2)29)20(24(28)31)8-6-16-5-7-17-19(25(32)33-4)10-26(23,27)22(16)17/h13,17-21,23H,5-12H2,1-4H3/t13-,17-,18-,19-,20-,21+,23+,26+,27-/m1/s1. The van der Waals surface area contributed by atoms with Crippen LogP contribution in [0.1, 0.15) is 59.3 Å². The van der Waals surface area contributed by atoms with Crippen molar-refractivity contribution in [3.05, 3.63) is 11.1 Å². The number of esters is 3. The number of ether oxygens (including phenoxy) is 3. The zero-order valence-corrected chi connectivity index (χ0v) is 21.0. The number of amides is 1. The summed E-state index contributed by atoms with van der Waals surface area (Å²) in [5.41, 5.74) is 1.22. The molecule has 0 aromatic rings. The molecule has 1 amide bonds. The van der Waals surface area contributed by atoms with Crippen LogP contribution < -0.4 is 0 Å². The van der Waals surface area contributed by atoms with E-state index in [2.05, 4.69) is 11.8 Å². The second-order valence-corrected chi connectivity index (χ2v) is 11.8. The van der Waals surface area contributed by atoms with Crippen molar-refractivity contribution in [2.45, 2.75) is 71.4 Å². The molecule has 35 heavy (non-hydrogen) atoms. The van der Waals surface area contributed by atoms with Crippen LogP contribution in [0.25, 0.3) is 0 Å². The van der Waals surface area contributed by atoms with Crippen LogP contribution in [0, 0.1) is 40.4 Å². The van der Waals surface area contributed by atoms with Crippen LogP contribution in [-0.2, 0) is 33.4 Å². The molecule has 8 heteroatoms. The molecular formula is C27H35NO7. The number of methoxy groups -OCH3 is 1.